The van der Waals surface area contributed by atoms with Crippen LogP contribution in [0.25, 0.3) is 0 Å². The number of hydrogen-bond acceptors (Lipinski definition) is 2. The molecule has 1 amide bonds. The highest BCUT2D eigenvalue weighted by Gasteiger charge is 2.35. The summed E-state index contributed by atoms with van der Waals surface area (Å²) in [5.41, 5.74) is 0.149. The lowest BCUT2D eigenvalue weighted by atomic mass is 10.1. The van der Waals surface area contributed by atoms with E-state index in [4.69, 9.17) is 5.11 Å². The van der Waals surface area contributed by atoms with Crippen LogP contribution in [-0.2, 0) is 9.59 Å². The number of benzene rings is 1. The van der Waals surface area contributed by atoms with Gasteiger partial charge in [-0.3, -0.25) is 9.59 Å². The van der Waals surface area contributed by atoms with Crippen molar-refractivity contribution in [2.24, 2.45) is 5.92 Å². The Bertz CT molecular complexity index is 447. The quantitative estimate of drug-likeness (QED) is 0.821. The van der Waals surface area contributed by atoms with Crippen molar-refractivity contribution in [1.29, 1.82) is 0 Å². The number of anilines is 1. The van der Waals surface area contributed by atoms with E-state index in [0.717, 1.165) is 0 Å². The van der Waals surface area contributed by atoms with E-state index >= 15 is 0 Å². The second kappa shape index (κ2) is 3.92. The standard InChI is InChI=1S/C11H10FNO3/c12-8-3-1-2-4-9(8)13-6-7(11(15)16)5-10(13)14/h1-4,7H,5-6H2,(H,15,16)/t7-/m0/s1. The number of carbonyl (C=O) groups is 2. The average Bonchev–Trinajstić information content (AvgIpc) is 2.61. The van der Waals surface area contributed by atoms with Crippen molar-refractivity contribution in [2.45, 2.75) is 6.42 Å². The van der Waals surface area contributed by atoms with Crippen molar-refractivity contribution in [3.63, 3.8) is 0 Å². The summed E-state index contributed by atoms with van der Waals surface area (Å²) in [6.07, 6.45) is -0.0658. The Morgan fingerprint density at radius 3 is 2.69 bits per heavy atom. The van der Waals surface area contributed by atoms with Gasteiger partial charge in [0.05, 0.1) is 11.6 Å². The van der Waals surface area contributed by atoms with Gasteiger partial charge in [-0.25, -0.2) is 4.39 Å². The van der Waals surface area contributed by atoms with Gasteiger partial charge in [0.1, 0.15) is 5.82 Å². The number of halogens is 1. The first-order valence-electron chi connectivity index (χ1n) is 4.87. The fraction of sp³-hybridized carbons (Fsp3) is 0.273. The van der Waals surface area contributed by atoms with E-state index in [1.165, 1.54) is 23.1 Å². The molecule has 1 atom stereocenters. The second-order valence-electron chi connectivity index (χ2n) is 3.70. The van der Waals surface area contributed by atoms with Crippen LogP contribution >= 0.6 is 0 Å². The van der Waals surface area contributed by atoms with Crippen LogP contribution in [0.3, 0.4) is 0 Å². The van der Waals surface area contributed by atoms with Crippen molar-refractivity contribution >= 4 is 17.6 Å². The molecular weight excluding hydrogens is 213 g/mol. The number of carboxylic acid groups (broad SMARTS) is 1. The van der Waals surface area contributed by atoms with Gasteiger partial charge < -0.3 is 10.0 Å². The van der Waals surface area contributed by atoms with E-state index in [1.54, 1.807) is 6.07 Å². The van der Waals surface area contributed by atoms with E-state index in [0.29, 0.717) is 0 Å². The zero-order valence-corrected chi connectivity index (χ0v) is 8.39. The molecule has 1 fully saturated rings. The van der Waals surface area contributed by atoms with Crippen LogP contribution in [0.4, 0.5) is 10.1 Å². The monoisotopic (exact) mass is 223 g/mol. The van der Waals surface area contributed by atoms with Gasteiger partial charge in [-0.15, -0.1) is 0 Å². The Labute approximate surface area is 91.3 Å². The summed E-state index contributed by atoms with van der Waals surface area (Å²) < 4.78 is 13.4. The first kappa shape index (κ1) is 10.6. The molecule has 1 aliphatic heterocycles. The third-order valence-electron chi connectivity index (χ3n) is 2.62. The maximum Gasteiger partial charge on any atom is 0.308 e. The molecular formula is C11H10FNO3. The van der Waals surface area contributed by atoms with Crippen molar-refractivity contribution in [3.05, 3.63) is 30.1 Å². The fourth-order valence-corrected chi connectivity index (χ4v) is 1.78. The second-order valence-corrected chi connectivity index (χ2v) is 3.70. The number of rotatable bonds is 2. The molecule has 0 radical (unpaired) electrons. The van der Waals surface area contributed by atoms with Gasteiger partial charge in [0.2, 0.25) is 5.91 Å². The van der Waals surface area contributed by atoms with Crippen LogP contribution in [0.15, 0.2) is 24.3 Å². The fourth-order valence-electron chi connectivity index (χ4n) is 1.78. The van der Waals surface area contributed by atoms with Crippen molar-refractivity contribution in [2.75, 3.05) is 11.4 Å². The van der Waals surface area contributed by atoms with Gasteiger partial charge in [0.25, 0.3) is 0 Å². The number of carboxylic acids is 1. The minimum absolute atomic E-state index is 0.0368. The summed E-state index contributed by atoms with van der Waals surface area (Å²) in [5, 5.41) is 8.79. The molecule has 0 bridgehead atoms. The molecule has 4 nitrogen and oxygen atoms in total. The Hall–Kier alpha value is -1.91. The van der Waals surface area contributed by atoms with E-state index in [9.17, 15) is 14.0 Å². The Morgan fingerprint density at radius 2 is 2.12 bits per heavy atom. The highest BCUT2D eigenvalue weighted by Crippen LogP contribution is 2.27. The van der Waals surface area contributed by atoms with Gasteiger partial charge in [-0.1, -0.05) is 12.1 Å². The Balaban J connectivity index is 2.27. The summed E-state index contributed by atoms with van der Waals surface area (Å²) >= 11 is 0. The predicted octanol–water partition coefficient (Wildman–Crippen LogP) is 1.26. The molecule has 0 aliphatic carbocycles. The normalized spacial score (nSPS) is 20.2. The first-order valence-corrected chi connectivity index (χ1v) is 4.87. The smallest absolute Gasteiger partial charge is 0.308 e. The maximum absolute atomic E-state index is 13.4. The molecule has 0 unspecified atom stereocenters. The van der Waals surface area contributed by atoms with Crippen LogP contribution in [0, 0.1) is 11.7 Å². The van der Waals surface area contributed by atoms with Gasteiger partial charge in [0.15, 0.2) is 0 Å². The minimum atomic E-state index is -1.02. The summed E-state index contributed by atoms with van der Waals surface area (Å²) in [5.74, 6) is -2.63. The number of nitrogens with zero attached hydrogens (tertiary/aromatic N) is 1. The maximum atomic E-state index is 13.4. The van der Waals surface area contributed by atoms with Crippen molar-refractivity contribution in [3.8, 4) is 0 Å². The predicted molar refractivity (Wildman–Crippen MR) is 54.5 cm³/mol. The van der Waals surface area contributed by atoms with Crippen LogP contribution < -0.4 is 4.90 Å². The van der Waals surface area contributed by atoms with Gasteiger partial charge >= 0.3 is 5.97 Å². The van der Waals surface area contributed by atoms with Gasteiger partial charge in [0, 0.05) is 13.0 Å². The van der Waals surface area contributed by atoms with E-state index in [-0.39, 0.29) is 24.6 Å². The number of hydrogen-bond donors (Lipinski definition) is 1. The zero-order valence-electron chi connectivity index (χ0n) is 8.39. The van der Waals surface area contributed by atoms with Gasteiger partial charge in [-0.2, -0.15) is 0 Å². The largest absolute Gasteiger partial charge is 0.481 e. The summed E-state index contributed by atoms with van der Waals surface area (Å²) in [4.78, 5) is 23.5. The average molecular weight is 223 g/mol. The lowest BCUT2D eigenvalue weighted by Crippen LogP contribution is -2.26. The summed E-state index contributed by atoms with van der Waals surface area (Å²) in [6, 6.07) is 5.85. The lowest BCUT2D eigenvalue weighted by Gasteiger charge is -2.16. The van der Waals surface area contributed by atoms with Crippen LogP contribution in [-0.4, -0.2) is 23.5 Å². The topological polar surface area (TPSA) is 57.6 Å². The van der Waals surface area contributed by atoms with E-state index < -0.39 is 17.7 Å². The zero-order chi connectivity index (χ0) is 11.7. The molecule has 1 heterocycles. The van der Waals surface area contributed by atoms with Crippen molar-refractivity contribution in [1.82, 2.24) is 0 Å². The van der Waals surface area contributed by atoms with E-state index in [1.807, 2.05) is 0 Å². The third-order valence-corrected chi connectivity index (χ3v) is 2.62. The lowest BCUT2D eigenvalue weighted by molar-refractivity contribution is -0.141. The third kappa shape index (κ3) is 1.76. The molecule has 0 spiro atoms. The summed E-state index contributed by atoms with van der Waals surface area (Å²) in [6.45, 7) is 0.0368. The molecule has 5 heteroatoms. The van der Waals surface area contributed by atoms with Crippen LogP contribution in [0.2, 0.25) is 0 Å². The molecule has 1 aromatic carbocycles. The van der Waals surface area contributed by atoms with E-state index in [2.05, 4.69) is 0 Å². The number of amides is 1. The molecule has 1 saturated heterocycles. The van der Waals surface area contributed by atoms with Crippen LogP contribution in [0.1, 0.15) is 6.42 Å². The minimum Gasteiger partial charge on any atom is -0.481 e. The molecule has 2 rings (SSSR count). The highest BCUT2D eigenvalue weighted by atomic mass is 19.1. The first-order chi connectivity index (χ1) is 7.59. The number of aliphatic carboxylic acids is 1. The Kier molecular flexibility index (Phi) is 2.60. The summed E-state index contributed by atoms with van der Waals surface area (Å²) in [7, 11) is 0. The number of carbonyl (C=O) groups excluding carboxylic acids is 1. The SMILES string of the molecule is O=C(O)[C@H]1CC(=O)N(c2ccccc2F)C1. The molecule has 0 saturated carbocycles. The molecule has 1 N–H and O–H groups in total. The number of para-hydroxylation sites is 1. The van der Waals surface area contributed by atoms with Crippen LogP contribution in [0.5, 0.6) is 0 Å². The highest BCUT2D eigenvalue weighted by molar-refractivity contribution is 5.99. The van der Waals surface area contributed by atoms with Crippen molar-refractivity contribution < 1.29 is 19.1 Å². The molecule has 0 aromatic heterocycles. The Morgan fingerprint density at radius 1 is 1.44 bits per heavy atom. The molecule has 1 aliphatic rings. The molecule has 16 heavy (non-hydrogen) atoms. The molecule has 1 aromatic rings. The molecule has 84 valence electrons. The van der Waals surface area contributed by atoms with Gasteiger partial charge in [-0.05, 0) is 12.1 Å².